The third kappa shape index (κ3) is 5.10. The van der Waals surface area contributed by atoms with E-state index in [2.05, 4.69) is 6.07 Å². The standard InChI is InChI=1S/C19H18N2O2/c20-14-18-8-4-7-16(13-18)9-10-19(23)21(11-12-22)15-17-5-2-1-3-6-17/h1-10,13,22H,11-12,15H2. The van der Waals surface area contributed by atoms with Gasteiger partial charge in [0.05, 0.1) is 18.2 Å². The second-order valence-corrected chi connectivity index (χ2v) is 5.04. The minimum absolute atomic E-state index is 0.0870. The van der Waals surface area contributed by atoms with Gasteiger partial charge in [0.15, 0.2) is 0 Å². The summed E-state index contributed by atoms with van der Waals surface area (Å²) in [5.74, 6) is -0.176. The smallest absolute Gasteiger partial charge is 0.246 e. The number of carbonyl (C=O) groups excluding carboxylic acids is 1. The quantitative estimate of drug-likeness (QED) is 0.834. The molecular formula is C19H18N2O2. The molecule has 0 fully saturated rings. The van der Waals surface area contributed by atoms with E-state index in [0.717, 1.165) is 11.1 Å². The fourth-order valence-corrected chi connectivity index (χ4v) is 2.18. The first kappa shape index (κ1) is 16.5. The Labute approximate surface area is 135 Å². The van der Waals surface area contributed by atoms with Gasteiger partial charge in [-0.2, -0.15) is 5.26 Å². The molecule has 4 nitrogen and oxygen atoms in total. The number of nitriles is 1. The van der Waals surface area contributed by atoms with Gasteiger partial charge >= 0.3 is 0 Å². The molecule has 116 valence electrons. The van der Waals surface area contributed by atoms with Gasteiger partial charge in [0.2, 0.25) is 5.91 Å². The van der Waals surface area contributed by atoms with Crippen molar-refractivity contribution in [2.24, 2.45) is 0 Å². The topological polar surface area (TPSA) is 64.3 Å². The molecule has 0 spiro atoms. The Hall–Kier alpha value is -2.90. The zero-order valence-corrected chi connectivity index (χ0v) is 12.7. The largest absolute Gasteiger partial charge is 0.395 e. The van der Waals surface area contributed by atoms with Gasteiger partial charge in [0.25, 0.3) is 0 Å². The average molecular weight is 306 g/mol. The Morgan fingerprint density at radius 2 is 1.96 bits per heavy atom. The van der Waals surface area contributed by atoms with Gasteiger partial charge < -0.3 is 10.0 Å². The van der Waals surface area contributed by atoms with Crippen LogP contribution in [0.2, 0.25) is 0 Å². The molecule has 0 saturated carbocycles. The summed E-state index contributed by atoms with van der Waals surface area (Å²) >= 11 is 0. The lowest BCUT2D eigenvalue weighted by Crippen LogP contribution is -2.31. The van der Waals surface area contributed by atoms with Gasteiger partial charge in [0.1, 0.15) is 0 Å². The highest BCUT2D eigenvalue weighted by Gasteiger charge is 2.10. The molecular weight excluding hydrogens is 288 g/mol. The van der Waals surface area contributed by atoms with Crippen molar-refractivity contribution >= 4 is 12.0 Å². The van der Waals surface area contributed by atoms with E-state index in [1.807, 2.05) is 36.4 Å². The SMILES string of the molecule is N#Cc1cccc(C=CC(=O)N(CCO)Cc2ccccc2)c1. The minimum Gasteiger partial charge on any atom is -0.395 e. The molecule has 2 rings (SSSR count). The van der Waals surface area contributed by atoms with Gasteiger partial charge in [-0.15, -0.1) is 0 Å². The van der Waals surface area contributed by atoms with E-state index in [0.29, 0.717) is 12.1 Å². The Bertz CT molecular complexity index is 718. The number of rotatable bonds is 6. The van der Waals surface area contributed by atoms with Gasteiger partial charge in [-0.3, -0.25) is 4.79 Å². The first-order valence-electron chi connectivity index (χ1n) is 7.35. The second-order valence-electron chi connectivity index (χ2n) is 5.04. The summed E-state index contributed by atoms with van der Waals surface area (Å²) in [5.41, 5.74) is 2.35. The normalized spacial score (nSPS) is 10.4. The molecule has 0 aliphatic carbocycles. The molecule has 23 heavy (non-hydrogen) atoms. The van der Waals surface area contributed by atoms with Crippen molar-refractivity contribution in [2.75, 3.05) is 13.2 Å². The maximum Gasteiger partial charge on any atom is 0.246 e. The van der Waals surface area contributed by atoms with Crippen LogP contribution in [0.15, 0.2) is 60.7 Å². The number of amides is 1. The van der Waals surface area contributed by atoms with Crippen LogP contribution < -0.4 is 0 Å². The third-order valence-electron chi connectivity index (χ3n) is 3.33. The highest BCUT2D eigenvalue weighted by atomic mass is 16.3. The molecule has 0 atom stereocenters. The Morgan fingerprint density at radius 1 is 1.17 bits per heavy atom. The molecule has 1 amide bonds. The summed E-state index contributed by atoms with van der Waals surface area (Å²) in [7, 11) is 0. The summed E-state index contributed by atoms with van der Waals surface area (Å²) < 4.78 is 0. The molecule has 0 bridgehead atoms. The van der Waals surface area contributed by atoms with E-state index >= 15 is 0 Å². The van der Waals surface area contributed by atoms with E-state index in [9.17, 15) is 4.79 Å². The Kier molecular flexibility index (Phi) is 6.10. The maximum atomic E-state index is 12.3. The van der Waals surface area contributed by atoms with Crippen LogP contribution in [0.5, 0.6) is 0 Å². The molecule has 0 unspecified atom stereocenters. The van der Waals surface area contributed by atoms with Crippen molar-refractivity contribution in [2.45, 2.75) is 6.54 Å². The van der Waals surface area contributed by atoms with E-state index in [1.54, 1.807) is 29.2 Å². The summed E-state index contributed by atoms with van der Waals surface area (Å²) in [6, 6.07) is 18.7. The number of benzene rings is 2. The number of nitrogens with zero attached hydrogens (tertiary/aromatic N) is 2. The molecule has 0 heterocycles. The lowest BCUT2D eigenvalue weighted by Gasteiger charge is -2.20. The summed E-state index contributed by atoms with van der Waals surface area (Å²) in [6.45, 7) is 0.634. The zero-order valence-electron chi connectivity index (χ0n) is 12.7. The van der Waals surface area contributed by atoms with Crippen LogP contribution in [0.1, 0.15) is 16.7 Å². The van der Waals surface area contributed by atoms with E-state index in [-0.39, 0.29) is 19.1 Å². The number of aliphatic hydroxyl groups excluding tert-OH is 1. The van der Waals surface area contributed by atoms with Crippen molar-refractivity contribution < 1.29 is 9.90 Å². The number of carbonyl (C=O) groups is 1. The minimum atomic E-state index is -0.176. The fourth-order valence-electron chi connectivity index (χ4n) is 2.18. The van der Waals surface area contributed by atoms with Crippen LogP contribution in [0.3, 0.4) is 0 Å². The average Bonchev–Trinajstić information content (AvgIpc) is 2.60. The number of hydrogen-bond donors (Lipinski definition) is 1. The zero-order chi connectivity index (χ0) is 16.5. The number of aliphatic hydroxyl groups is 1. The third-order valence-corrected chi connectivity index (χ3v) is 3.33. The van der Waals surface area contributed by atoms with Crippen LogP contribution in [0, 0.1) is 11.3 Å². The van der Waals surface area contributed by atoms with E-state index < -0.39 is 0 Å². The highest BCUT2D eigenvalue weighted by Crippen LogP contribution is 2.08. The molecule has 0 saturated heterocycles. The van der Waals surface area contributed by atoms with Crippen molar-refractivity contribution in [1.29, 1.82) is 5.26 Å². The monoisotopic (exact) mass is 306 g/mol. The molecule has 4 heteroatoms. The second kappa shape index (κ2) is 8.52. The van der Waals surface area contributed by atoms with Crippen molar-refractivity contribution in [3.05, 3.63) is 77.4 Å². The van der Waals surface area contributed by atoms with Crippen LogP contribution in [0.4, 0.5) is 0 Å². The summed E-state index contributed by atoms with van der Waals surface area (Å²) in [6.07, 6.45) is 3.15. The van der Waals surface area contributed by atoms with Crippen LogP contribution in [-0.4, -0.2) is 29.1 Å². The Balaban J connectivity index is 2.08. The molecule has 0 aliphatic heterocycles. The lowest BCUT2D eigenvalue weighted by molar-refractivity contribution is -0.127. The molecule has 0 aromatic heterocycles. The van der Waals surface area contributed by atoms with Crippen molar-refractivity contribution in [3.63, 3.8) is 0 Å². The molecule has 2 aromatic rings. The van der Waals surface area contributed by atoms with Crippen LogP contribution in [0.25, 0.3) is 6.08 Å². The summed E-state index contributed by atoms with van der Waals surface area (Å²) in [5, 5.41) is 18.0. The van der Waals surface area contributed by atoms with E-state index in [1.165, 1.54) is 6.08 Å². The van der Waals surface area contributed by atoms with Crippen LogP contribution >= 0.6 is 0 Å². The van der Waals surface area contributed by atoms with Crippen molar-refractivity contribution in [1.82, 2.24) is 4.90 Å². The fraction of sp³-hybridized carbons (Fsp3) is 0.158. The molecule has 2 aromatic carbocycles. The first-order valence-corrected chi connectivity index (χ1v) is 7.35. The van der Waals surface area contributed by atoms with Gasteiger partial charge in [-0.1, -0.05) is 42.5 Å². The van der Waals surface area contributed by atoms with Gasteiger partial charge in [0, 0.05) is 19.2 Å². The van der Waals surface area contributed by atoms with Gasteiger partial charge in [-0.25, -0.2) is 0 Å². The number of hydrogen-bond acceptors (Lipinski definition) is 3. The van der Waals surface area contributed by atoms with Crippen LogP contribution in [-0.2, 0) is 11.3 Å². The molecule has 1 N–H and O–H groups in total. The maximum absolute atomic E-state index is 12.3. The molecule has 0 aliphatic rings. The highest BCUT2D eigenvalue weighted by molar-refractivity contribution is 5.91. The predicted molar refractivity (Wildman–Crippen MR) is 89.1 cm³/mol. The first-order chi connectivity index (χ1) is 11.2. The Morgan fingerprint density at radius 3 is 2.65 bits per heavy atom. The van der Waals surface area contributed by atoms with Gasteiger partial charge in [-0.05, 0) is 29.3 Å². The van der Waals surface area contributed by atoms with Crippen molar-refractivity contribution in [3.8, 4) is 6.07 Å². The summed E-state index contributed by atoms with van der Waals surface area (Å²) in [4.78, 5) is 13.9. The lowest BCUT2D eigenvalue weighted by atomic mass is 10.1. The predicted octanol–water partition coefficient (Wildman–Crippen LogP) is 2.59. The molecule has 0 radical (unpaired) electrons. The van der Waals surface area contributed by atoms with E-state index in [4.69, 9.17) is 10.4 Å².